The molecule has 2 aliphatic heterocycles. The number of nitriles is 1. The van der Waals surface area contributed by atoms with E-state index in [-0.39, 0.29) is 5.25 Å². The highest BCUT2D eigenvalue weighted by atomic mass is 32.2. The Kier molecular flexibility index (Phi) is 5.09. The number of hydrogen-bond acceptors (Lipinski definition) is 5. The molecule has 4 nitrogen and oxygen atoms in total. The normalized spacial score (nSPS) is 20.9. The van der Waals surface area contributed by atoms with E-state index in [1.54, 1.807) is 0 Å². The molecule has 0 aromatic heterocycles. The molecule has 4 aromatic carbocycles. The second-order valence-electron chi connectivity index (χ2n) is 8.37. The van der Waals surface area contributed by atoms with Crippen molar-refractivity contribution < 1.29 is 4.84 Å². The van der Waals surface area contributed by atoms with Gasteiger partial charge in [-0.05, 0) is 29.8 Å². The molecule has 34 heavy (non-hydrogen) atoms. The molecule has 0 saturated carbocycles. The minimum absolute atomic E-state index is 0.101. The number of anilines is 1. The summed E-state index contributed by atoms with van der Waals surface area (Å²) in [6.07, 6.45) is 0.683. The number of hydrogen-bond donors (Lipinski definition) is 0. The Balaban J connectivity index is 1.56. The molecule has 2 aliphatic rings. The Morgan fingerprint density at radius 2 is 1.53 bits per heavy atom. The Labute approximate surface area is 203 Å². The Morgan fingerprint density at radius 1 is 0.853 bits per heavy atom. The summed E-state index contributed by atoms with van der Waals surface area (Å²) >= 11 is 1.83. The summed E-state index contributed by atoms with van der Waals surface area (Å²) in [4.78, 5) is 9.92. The molecule has 0 aliphatic carbocycles. The van der Waals surface area contributed by atoms with Gasteiger partial charge in [0, 0.05) is 27.7 Å². The molecular formula is C29H21N3OS. The van der Waals surface area contributed by atoms with Crippen molar-refractivity contribution in [2.24, 2.45) is 5.16 Å². The lowest BCUT2D eigenvalue weighted by molar-refractivity contribution is -0.0283. The lowest BCUT2D eigenvalue weighted by Crippen LogP contribution is -2.47. The highest BCUT2D eigenvalue weighted by Crippen LogP contribution is 2.56. The monoisotopic (exact) mass is 459 g/mol. The second-order valence-corrected chi connectivity index (χ2v) is 9.61. The van der Waals surface area contributed by atoms with E-state index in [1.165, 1.54) is 4.90 Å². The van der Waals surface area contributed by atoms with E-state index in [1.807, 2.05) is 60.3 Å². The predicted octanol–water partition coefficient (Wildman–Crippen LogP) is 6.85. The first-order valence-corrected chi connectivity index (χ1v) is 12.1. The minimum atomic E-state index is -0.801. The zero-order valence-corrected chi connectivity index (χ0v) is 19.2. The van der Waals surface area contributed by atoms with E-state index in [2.05, 4.69) is 76.8 Å². The number of amidine groups is 1. The van der Waals surface area contributed by atoms with Crippen molar-refractivity contribution in [1.29, 1.82) is 5.26 Å². The third-order valence-corrected chi connectivity index (χ3v) is 7.68. The van der Waals surface area contributed by atoms with E-state index < -0.39 is 5.72 Å². The third kappa shape index (κ3) is 3.35. The molecule has 5 heteroatoms. The maximum atomic E-state index is 9.27. The van der Waals surface area contributed by atoms with Crippen molar-refractivity contribution >= 4 is 23.3 Å². The van der Waals surface area contributed by atoms with Crippen molar-refractivity contribution in [3.63, 3.8) is 0 Å². The van der Waals surface area contributed by atoms with Crippen LogP contribution in [0.5, 0.6) is 0 Å². The zero-order valence-electron chi connectivity index (χ0n) is 18.3. The molecule has 0 spiro atoms. The third-order valence-electron chi connectivity index (χ3n) is 6.36. The summed E-state index contributed by atoms with van der Waals surface area (Å²) in [7, 11) is 0. The van der Waals surface area contributed by atoms with Gasteiger partial charge in [0.1, 0.15) is 0 Å². The maximum Gasteiger partial charge on any atom is 0.242 e. The fourth-order valence-electron chi connectivity index (χ4n) is 4.72. The molecule has 0 amide bonds. The van der Waals surface area contributed by atoms with Crippen LogP contribution in [0.1, 0.15) is 33.9 Å². The van der Waals surface area contributed by atoms with Crippen LogP contribution in [0.15, 0.2) is 119 Å². The Hall–Kier alpha value is -4.01. The van der Waals surface area contributed by atoms with Gasteiger partial charge < -0.3 is 4.84 Å². The Morgan fingerprint density at radius 3 is 2.26 bits per heavy atom. The van der Waals surface area contributed by atoms with Crippen molar-refractivity contribution in [2.45, 2.75) is 22.3 Å². The fraction of sp³-hybridized carbons (Fsp3) is 0.103. The van der Waals surface area contributed by atoms with E-state index in [4.69, 9.17) is 4.84 Å². The van der Waals surface area contributed by atoms with Crippen LogP contribution < -0.4 is 4.90 Å². The van der Waals surface area contributed by atoms with Crippen LogP contribution in [0.4, 0.5) is 5.69 Å². The molecule has 164 valence electrons. The molecule has 4 aromatic rings. The van der Waals surface area contributed by atoms with E-state index in [9.17, 15) is 5.26 Å². The topological polar surface area (TPSA) is 48.6 Å². The van der Waals surface area contributed by atoms with Gasteiger partial charge in [0.25, 0.3) is 0 Å². The first-order chi connectivity index (χ1) is 16.8. The molecule has 0 saturated heterocycles. The molecule has 2 atom stereocenters. The van der Waals surface area contributed by atoms with Gasteiger partial charge in [0.2, 0.25) is 5.72 Å². The van der Waals surface area contributed by atoms with Crippen molar-refractivity contribution in [1.82, 2.24) is 0 Å². The summed E-state index contributed by atoms with van der Waals surface area (Å²) < 4.78 is 0. The number of rotatable bonds is 3. The Bertz CT molecular complexity index is 1400. The second kappa shape index (κ2) is 8.40. The lowest BCUT2D eigenvalue weighted by atomic mass is 9.91. The molecule has 6 rings (SSSR count). The van der Waals surface area contributed by atoms with E-state index in [0.717, 1.165) is 28.2 Å². The predicted molar refractivity (Wildman–Crippen MR) is 135 cm³/mol. The smallest absolute Gasteiger partial charge is 0.242 e. The van der Waals surface area contributed by atoms with Crippen LogP contribution in [-0.2, 0) is 10.6 Å². The molecule has 0 bridgehead atoms. The first kappa shape index (κ1) is 20.6. The summed E-state index contributed by atoms with van der Waals surface area (Å²) in [5, 5.41) is 14.1. The van der Waals surface area contributed by atoms with Crippen molar-refractivity contribution in [2.75, 3.05) is 4.90 Å². The average Bonchev–Trinajstić information content (AvgIpc) is 3.22. The molecule has 2 unspecified atom stereocenters. The van der Waals surface area contributed by atoms with Gasteiger partial charge in [-0.1, -0.05) is 90.1 Å². The van der Waals surface area contributed by atoms with Gasteiger partial charge in [-0.25, -0.2) is 0 Å². The van der Waals surface area contributed by atoms with Crippen molar-refractivity contribution in [3.8, 4) is 6.07 Å². The molecular weight excluding hydrogens is 438 g/mol. The minimum Gasteiger partial charge on any atom is -0.360 e. The number of benzene rings is 4. The number of fused-ring (bicyclic) bond motifs is 3. The maximum absolute atomic E-state index is 9.27. The van der Waals surface area contributed by atoms with Gasteiger partial charge in [-0.2, -0.15) is 5.26 Å². The summed E-state index contributed by atoms with van der Waals surface area (Å²) in [6, 6.07) is 39.1. The molecule has 0 N–H and O–H groups in total. The standard InChI is InChI=1S/C29H21N3OS/c30-20-21-15-17-22(18-16-21)27-19-29(24-11-5-2-6-12-24)32(25-13-7-8-14-26(25)34-27)28(31-33-29)23-9-3-1-4-10-23/h1-18,27H,19H2. The average molecular weight is 460 g/mol. The van der Waals surface area contributed by atoms with Gasteiger partial charge in [0.05, 0.1) is 17.3 Å². The van der Waals surface area contributed by atoms with E-state index >= 15 is 0 Å². The van der Waals surface area contributed by atoms with Crippen LogP contribution in [-0.4, -0.2) is 5.84 Å². The molecule has 0 radical (unpaired) electrons. The van der Waals surface area contributed by atoms with Crippen molar-refractivity contribution in [3.05, 3.63) is 131 Å². The number of nitrogens with zero attached hydrogens (tertiary/aromatic N) is 3. The quantitative estimate of drug-likeness (QED) is 0.336. The first-order valence-electron chi connectivity index (χ1n) is 11.2. The van der Waals surface area contributed by atoms with Crippen LogP contribution in [0, 0.1) is 11.3 Å². The highest BCUT2D eigenvalue weighted by molar-refractivity contribution is 7.99. The van der Waals surface area contributed by atoms with E-state index in [0.29, 0.717) is 12.0 Å². The molecule has 0 fully saturated rings. The van der Waals surface area contributed by atoms with Gasteiger partial charge >= 0.3 is 0 Å². The van der Waals surface area contributed by atoms with Crippen LogP contribution in [0.2, 0.25) is 0 Å². The number of para-hydroxylation sites is 1. The van der Waals surface area contributed by atoms with Gasteiger partial charge in [-0.15, -0.1) is 11.8 Å². The zero-order chi connectivity index (χ0) is 23.0. The number of oxime groups is 1. The summed E-state index contributed by atoms with van der Waals surface area (Å²) in [5.74, 6) is 0.804. The van der Waals surface area contributed by atoms with Crippen LogP contribution >= 0.6 is 11.8 Å². The van der Waals surface area contributed by atoms with Gasteiger partial charge in [0.15, 0.2) is 5.84 Å². The largest absolute Gasteiger partial charge is 0.360 e. The summed E-state index contributed by atoms with van der Waals surface area (Å²) in [5.41, 5.74) is 4.16. The summed E-state index contributed by atoms with van der Waals surface area (Å²) in [6.45, 7) is 0. The van der Waals surface area contributed by atoms with Crippen LogP contribution in [0.3, 0.4) is 0 Å². The molecule has 2 heterocycles. The van der Waals surface area contributed by atoms with Gasteiger partial charge in [-0.3, -0.25) is 4.90 Å². The fourth-order valence-corrected chi connectivity index (χ4v) is 6.07. The SMILES string of the molecule is N#Cc1ccc(C2CC3(c4ccccc4)ON=C(c4ccccc4)N3c3ccccc3S2)cc1. The number of thioether (sulfide) groups is 1. The lowest BCUT2D eigenvalue weighted by Gasteiger charge is -2.37. The van der Waals surface area contributed by atoms with Crippen LogP contribution in [0.25, 0.3) is 0 Å². The highest BCUT2D eigenvalue weighted by Gasteiger charge is 2.52.